The maximum absolute atomic E-state index is 12.5. The zero-order valence-corrected chi connectivity index (χ0v) is 21.5. The Hall–Kier alpha value is -4.53. The van der Waals surface area contributed by atoms with Gasteiger partial charge in [0.1, 0.15) is 30.8 Å². The van der Waals surface area contributed by atoms with Crippen molar-refractivity contribution >= 4 is 18.0 Å². The molecule has 1 amide bonds. The van der Waals surface area contributed by atoms with Gasteiger partial charge in [0, 0.05) is 0 Å². The van der Waals surface area contributed by atoms with E-state index in [1.165, 1.54) is 0 Å². The maximum atomic E-state index is 12.5. The summed E-state index contributed by atoms with van der Waals surface area (Å²) < 4.78 is 26.3. The van der Waals surface area contributed by atoms with E-state index in [4.69, 9.17) is 23.7 Å². The number of hydrogen-bond acceptors (Lipinski definition) is 8. The maximum Gasteiger partial charge on any atom is 0.408 e. The van der Waals surface area contributed by atoms with E-state index in [0.29, 0.717) is 11.3 Å². The summed E-state index contributed by atoms with van der Waals surface area (Å²) in [5.41, 5.74) is 2.01. The highest BCUT2D eigenvalue weighted by atomic mass is 16.7. The van der Waals surface area contributed by atoms with Crippen LogP contribution in [0.15, 0.2) is 78.9 Å². The molecule has 0 fully saturated rings. The third kappa shape index (κ3) is 8.85. The number of ether oxygens (including phenoxy) is 5. The predicted molar refractivity (Wildman–Crippen MR) is 139 cm³/mol. The Balaban J connectivity index is 1.41. The number of benzene rings is 3. The van der Waals surface area contributed by atoms with Crippen LogP contribution in [-0.2, 0) is 32.2 Å². The molecular weight excluding hydrogens is 490 g/mol. The third-order valence-electron chi connectivity index (χ3n) is 5.45. The number of esters is 2. The highest BCUT2D eigenvalue weighted by Crippen LogP contribution is 2.16. The Labute approximate surface area is 221 Å². The van der Waals surface area contributed by atoms with Crippen molar-refractivity contribution in [2.75, 3.05) is 13.9 Å². The molecule has 0 unspecified atom stereocenters. The molecule has 1 N–H and O–H groups in total. The van der Waals surface area contributed by atoms with E-state index in [9.17, 15) is 14.4 Å². The van der Waals surface area contributed by atoms with Gasteiger partial charge >= 0.3 is 18.0 Å². The highest BCUT2D eigenvalue weighted by Gasteiger charge is 2.26. The Morgan fingerprint density at radius 2 is 1.34 bits per heavy atom. The average Bonchev–Trinajstić information content (AvgIpc) is 2.94. The number of methoxy groups -OCH3 is 1. The van der Waals surface area contributed by atoms with Crippen LogP contribution in [0.3, 0.4) is 0 Å². The largest absolute Gasteiger partial charge is 0.497 e. The first-order valence-corrected chi connectivity index (χ1v) is 12.0. The van der Waals surface area contributed by atoms with Gasteiger partial charge in [-0.15, -0.1) is 0 Å². The number of nitrogens with one attached hydrogen (secondary N) is 1. The first-order valence-electron chi connectivity index (χ1n) is 12.0. The van der Waals surface area contributed by atoms with Crippen molar-refractivity contribution in [1.29, 1.82) is 0 Å². The second-order valence-electron chi connectivity index (χ2n) is 8.60. The van der Waals surface area contributed by atoms with Gasteiger partial charge in [-0.3, -0.25) is 0 Å². The van der Waals surface area contributed by atoms with E-state index in [0.717, 1.165) is 16.9 Å². The minimum absolute atomic E-state index is 0.0840. The number of hydrogen-bond donors (Lipinski definition) is 1. The van der Waals surface area contributed by atoms with Gasteiger partial charge in [-0.2, -0.15) is 0 Å². The first-order chi connectivity index (χ1) is 18.4. The Kier molecular flexibility index (Phi) is 10.5. The van der Waals surface area contributed by atoms with Crippen molar-refractivity contribution in [3.05, 3.63) is 95.6 Å². The van der Waals surface area contributed by atoms with Crippen LogP contribution in [0, 0.1) is 5.92 Å². The molecule has 38 heavy (non-hydrogen) atoms. The van der Waals surface area contributed by atoms with Crippen LogP contribution >= 0.6 is 0 Å². The zero-order valence-electron chi connectivity index (χ0n) is 21.5. The molecule has 0 saturated carbocycles. The number of amides is 1. The van der Waals surface area contributed by atoms with Gasteiger partial charge in [-0.05, 0) is 53.4 Å². The first kappa shape index (κ1) is 28.0. The quantitative estimate of drug-likeness (QED) is 0.204. The lowest BCUT2D eigenvalue weighted by Gasteiger charge is -2.20. The van der Waals surface area contributed by atoms with Crippen LogP contribution in [0.1, 0.15) is 35.3 Å². The lowest BCUT2D eigenvalue weighted by Crippen LogP contribution is -2.45. The molecule has 0 aliphatic carbocycles. The summed E-state index contributed by atoms with van der Waals surface area (Å²) >= 11 is 0. The molecule has 0 aliphatic heterocycles. The van der Waals surface area contributed by atoms with Crippen LogP contribution in [0.5, 0.6) is 11.5 Å². The van der Waals surface area contributed by atoms with Gasteiger partial charge in [-0.1, -0.05) is 56.3 Å². The van der Waals surface area contributed by atoms with E-state index in [-0.39, 0.29) is 25.9 Å². The van der Waals surface area contributed by atoms with Crippen molar-refractivity contribution in [1.82, 2.24) is 5.32 Å². The smallest absolute Gasteiger partial charge is 0.408 e. The van der Waals surface area contributed by atoms with Crippen LogP contribution in [0.2, 0.25) is 0 Å². The SMILES string of the molecule is COc1ccc(COC(=O)c2ccc(OCOC(=O)[C@@H](NC(=O)OCc3ccccc3)C(C)C)cc2)cc1. The summed E-state index contributed by atoms with van der Waals surface area (Å²) in [5, 5.41) is 2.54. The van der Waals surface area contributed by atoms with Crippen molar-refractivity contribution in [2.45, 2.75) is 33.1 Å². The molecule has 3 rings (SSSR count). The fourth-order valence-electron chi connectivity index (χ4n) is 3.28. The average molecular weight is 522 g/mol. The molecule has 9 heteroatoms. The normalized spacial score (nSPS) is 11.3. The molecule has 0 aromatic heterocycles. The second-order valence-corrected chi connectivity index (χ2v) is 8.60. The number of carbonyl (C=O) groups excluding carboxylic acids is 3. The van der Waals surface area contributed by atoms with Gasteiger partial charge < -0.3 is 29.0 Å². The van der Waals surface area contributed by atoms with Gasteiger partial charge in [0.15, 0.2) is 0 Å². The van der Waals surface area contributed by atoms with Crippen LogP contribution in [0.25, 0.3) is 0 Å². The summed E-state index contributed by atoms with van der Waals surface area (Å²) in [6.45, 7) is 3.39. The van der Waals surface area contributed by atoms with Crippen LogP contribution < -0.4 is 14.8 Å². The lowest BCUT2D eigenvalue weighted by molar-refractivity contribution is -0.153. The topological polar surface area (TPSA) is 109 Å². The van der Waals surface area contributed by atoms with E-state index in [1.807, 2.05) is 42.5 Å². The molecule has 0 aliphatic rings. The van der Waals surface area contributed by atoms with E-state index in [2.05, 4.69) is 5.32 Å². The molecule has 3 aromatic rings. The molecule has 0 radical (unpaired) electrons. The van der Waals surface area contributed by atoms with Crippen molar-refractivity contribution in [3.63, 3.8) is 0 Å². The number of carbonyl (C=O) groups is 3. The van der Waals surface area contributed by atoms with E-state index >= 15 is 0 Å². The van der Waals surface area contributed by atoms with Gasteiger partial charge in [-0.25, -0.2) is 14.4 Å². The van der Waals surface area contributed by atoms with E-state index < -0.39 is 24.1 Å². The molecule has 9 nitrogen and oxygen atoms in total. The second kappa shape index (κ2) is 14.3. The summed E-state index contributed by atoms with van der Waals surface area (Å²) in [5.74, 6) is -0.270. The fraction of sp³-hybridized carbons (Fsp3) is 0.276. The Bertz CT molecular complexity index is 1180. The summed E-state index contributed by atoms with van der Waals surface area (Å²) in [7, 11) is 1.58. The Morgan fingerprint density at radius 3 is 1.97 bits per heavy atom. The van der Waals surface area contributed by atoms with Gasteiger partial charge in [0.25, 0.3) is 0 Å². The monoisotopic (exact) mass is 521 g/mol. The van der Waals surface area contributed by atoms with Crippen LogP contribution in [-0.4, -0.2) is 38.0 Å². The van der Waals surface area contributed by atoms with Crippen molar-refractivity contribution in [3.8, 4) is 11.5 Å². The molecule has 0 saturated heterocycles. The van der Waals surface area contributed by atoms with Crippen molar-refractivity contribution in [2.24, 2.45) is 5.92 Å². The van der Waals surface area contributed by atoms with Crippen LogP contribution in [0.4, 0.5) is 4.79 Å². The minimum atomic E-state index is -0.912. The van der Waals surface area contributed by atoms with Gasteiger partial charge in [0.2, 0.25) is 6.79 Å². The minimum Gasteiger partial charge on any atom is -0.497 e. The molecule has 1 atom stereocenters. The summed E-state index contributed by atoms with van der Waals surface area (Å²) in [6.07, 6.45) is -0.722. The molecule has 0 heterocycles. The summed E-state index contributed by atoms with van der Waals surface area (Å²) in [4.78, 5) is 37.0. The number of rotatable bonds is 12. The third-order valence-corrected chi connectivity index (χ3v) is 5.45. The predicted octanol–water partition coefficient (Wildman–Crippen LogP) is 4.88. The van der Waals surface area contributed by atoms with Crippen molar-refractivity contribution < 1.29 is 38.1 Å². The highest BCUT2D eigenvalue weighted by molar-refractivity contribution is 5.89. The standard InChI is InChI=1S/C29H31NO8/c1-20(2)26(30-29(33)36-18-21-7-5-4-6-8-21)28(32)38-19-37-25-15-11-23(12-16-25)27(31)35-17-22-9-13-24(34-3)14-10-22/h4-16,20,26H,17-19H2,1-3H3,(H,30,33)/t26-/m0/s1. The molecule has 3 aromatic carbocycles. The molecular formula is C29H31NO8. The van der Waals surface area contributed by atoms with E-state index in [1.54, 1.807) is 57.4 Å². The summed E-state index contributed by atoms with van der Waals surface area (Å²) in [6, 6.07) is 21.7. The Morgan fingerprint density at radius 1 is 0.737 bits per heavy atom. The zero-order chi connectivity index (χ0) is 27.3. The molecule has 200 valence electrons. The number of alkyl carbamates (subject to hydrolysis) is 1. The fourth-order valence-corrected chi connectivity index (χ4v) is 3.28. The molecule has 0 spiro atoms. The van der Waals surface area contributed by atoms with Gasteiger partial charge in [0.05, 0.1) is 12.7 Å². The lowest BCUT2D eigenvalue weighted by atomic mass is 10.1. The molecule has 0 bridgehead atoms.